The highest BCUT2D eigenvalue weighted by Gasteiger charge is 2.30. The maximum Gasteiger partial charge on any atom is 0.227 e. The van der Waals surface area contributed by atoms with E-state index in [0.29, 0.717) is 5.92 Å². The van der Waals surface area contributed by atoms with Crippen molar-refractivity contribution in [2.45, 2.75) is 40.2 Å². The number of hydrogen-bond acceptors (Lipinski definition) is 2. The van der Waals surface area contributed by atoms with Crippen LogP contribution in [-0.2, 0) is 11.3 Å². The lowest BCUT2D eigenvalue weighted by molar-refractivity contribution is -0.140. The van der Waals surface area contributed by atoms with Crippen molar-refractivity contribution in [3.63, 3.8) is 0 Å². The van der Waals surface area contributed by atoms with E-state index in [9.17, 15) is 4.79 Å². The standard InChI is InChI=1S/C20H27N3O/c1-20(2,3)19(24)22-12-9-16(10-13-22)15-23-14-11-21-18(23)17-7-5-4-6-8-17/h4-8,11,14,16H,9-10,12-13,15H2,1-3H3. The van der Waals surface area contributed by atoms with Crippen LogP contribution in [-0.4, -0.2) is 33.4 Å². The molecule has 4 nitrogen and oxygen atoms in total. The molecule has 0 bridgehead atoms. The van der Waals surface area contributed by atoms with Crippen LogP contribution < -0.4 is 0 Å². The second kappa shape index (κ2) is 6.80. The molecular weight excluding hydrogens is 298 g/mol. The Morgan fingerprint density at radius 2 is 1.83 bits per heavy atom. The fourth-order valence-corrected chi connectivity index (χ4v) is 3.38. The highest BCUT2D eigenvalue weighted by Crippen LogP contribution is 2.26. The summed E-state index contributed by atoms with van der Waals surface area (Å²) in [6, 6.07) is 10.3. The zero-order chi connectivity index (χ0) is 17.2. The van der Waals surface area contributed by atoms with Gasteiger partial charge in [-0.3, -0.25) is 4.79 Å². The molecule has 128 valence electrons. The highest BCUT2D eigenvalue weighted by molar-refractivity contribution is 5.81. The van der Waals surface area contributed by atoms with Crippen LogP contribution in [0.15, 0.2) is 42.7 Å². The fraction of sp³-hybridized carbons (Fsp3) is 0.500. The van der Waals surface area contributed by atoms with Crippen LogP contribution in [0.5, 0.6) is 0 Å². The number of rotatable bonds is 3. The first kappa shape index (κ1) is 16.7. The normalized spacial score (nSPS) is 16.4. The Hall–Kier alpha value is -2.10. The molecule has 0 aliphatic carbocycles. The smallest absolute Gasteiger partial charge is 0.227 e. The lowest BCUT2D eigenvalue weighted by Crippen LogP contribution is -2.44. The van der Waals surface area contributed by atoms with Crippen molar-refractivity contribution >= 4 is 5.91 Å². The van der Waals surface area contributed by atoms with Crippen molar-refractivity contribution in [3.8, 4) is 11.4 Å². The molecule has 4 heteroatoms. The number of likely N-dealkylation sites (tertiary alicyclic amines) is 1. The number of amides is 1. The third-order valence-electron chi connectivity index (χ3n) is 4.75. The second-order valence-electron chi connectivity index (χ2n) is 7.75. The summed E-state index contributed by atoms with van der Waals surface area (Å²) in [5.41, 5.74) is 0.875. The number of imidazole rings is 1. The summed E-state index contributed by atoms with van der Waals surface area (Å²) in [6.45, 7) is 8.71. The maximum absolute atomic E-state index is 12.4. The number of carbonyl (C=O) groups excluding carboxylic acids is 1. The van der Waals surface area contributed by atoms with Gasteiger partial charge in [-0.2, -0.15) is 0 Å². The Bertz CT molecular complexity index is 676. The molecule has 2 aromatic rings. The summed E-state index contributed by atoms with van der Waals surface area (Å²) >= 11 is 0. The molecule has 1 amide bonds. The first-order valence-corrected chi connectivity index (χ1v) is 8.81. The van der Waals surface area contributed by atoms with Gasteiger partial charge in [0, 0.05) is 43.0 Å². The number of nitrogens with zero attached hydrogens (tertiary/aromatic N) is 3. The minimum Gasteiger partial charge on any atom is -0.342 e. The molecular formula is C20H27N3O. The molecule has 3 rings (SSSR count). The summed E-state index contributed by atoms with van der Waals surface area (Å²) in [5.74, 6) is 1.91. The maximum atomic E-state index is 12.4. The van der Waals surface area contributed by atoms with Gasteiger partial charge in [0.25, 0.3) is 0 Å². The minimum atomic E-state index is -0.280. The van der Waals surface area contributed by atoms with E-state index in [-0.39, 0.29) is 11.3 Å². The van der Waals surface area contributed by atoms with Crippen molar-refractivity contribution in [1.29, 1.82) is 0 Å². The summed E-state index contributed by atoms with van der Waals surface area (Å²) in [5, 5.41) is 0. The van der Waals surface area contributed by atoms with E-state index in [2.05, 4.69) is 27.9 Å². The molecule has 0 N–H and O–H groups in total. The average Bonchev–Trinajstić information content (AvgIpc) is 3.03. The van der Waals surface area contributed by atoms with Gasteiger partial charge in [-0.25, -0.2) is 4.98 Å². The average molecular weight is 325 g/mol. The van der Waals surface area contributed by atoms with E-state index in [4.69, 9.17) is 0 Å². The molecule has 1 aliphatic heterocycles. The summed E-state index contributed by atoms with van der Waals surface area (Å²) < 4.78 is 2.25. The number of benzene rings is 1. The van der Waals surface area contributed by atoms with Gasteiger partial charge in [0.15, 0.2) is 0 Å². The molecule has 0 spiro atoms. The Kier molecular flexibility index (Phi) is 4.74. The topological polar surface area (TPSA) is 38.1 Å². The number of aromatic nitrogens is 2. The van der Waals surface area contributed by atoms with Crippen LogP contribution in [0.4, 0.5) is 0 Å². The largest absolute Gasteiger partial charge is 0.342 e. The predicted molar refractivity (Wildman–Crippen MR) is 96.4 cm³/mol. The number of carbonyl (C=O) groups is 1. The van der Waals surface area contributed by atoms with Gasteiger partial charge in [0.2, 0.25) is 5.91 Å². The SMILES string of the molecule is CC(C)(C)C(=O)N1CCC(Cn2ccnc2-c2ccccc2)CC1. The van der Waals surface area contributed by atoms with Crippen molar-refractivity contribution in [2.75, 3.05) is 13.1 Å². The van der Waals surface area contributed by atoms with Crippen LogP contribution in [0.3, 0.4) is 0 Å². The second-order valence-corrected chi connectivity index (χ2v) is 7.75. The lowest BCUT2D eigenvalue weighted by Gasteiger charge is -2.36. The Morgan fingerprint density at radius 1 is 1.17 bits per heavy atom. The van der Waals surface area contributed by atoms with Crippen LogP contribution >= 0.6 is 0 Å². The molecule has 1 aromatic heterocycles. The van der Waals surface area contributed by atoms with Gasteiger partial charge in [-0.05, 0) is 18.8 Å². The third kappa shape index (κ3) is 3.69. The molecule has 0 atom stereocenters. The monoisotopic (exact) mass is 325 g/mol. The van der Waals surface area contributed by atoms with Gasteiger partial charge < -0.3 is 9.47 Å². The van der Waals surface area contributed by atoms with Crippen molar-refractivity contribution < 1.29 is 4.79 Å². The molecule has 0 radical (unpaired) electrons. The number of hydrogen-bond donors (Lipinski definition) is 0. The zero-order valence-corrected chi connectivity index (χ0v) is 14.9. The molecule has 1 aliphatic rings. The third-order valence-corrected chi connectivity index (χ3v) is 4.75. The Morgan fingerprint density at radius 3 is 2.46 bits per heavy atom. The molecule has 1 saturated heterocycles. The van der Waals surface area contributed by atoms with Gasteiger partial charge in [0.1, 0.15) is 5.82 Å². The summed E-state index contributed by atoms with van der Waals surface area (Å²) in [4.78, 5) is 18.9. The van der Waals surface area contributed by atoms with Gasteiger partial charge >= 0.3 is 0 Å². The summed E-state index contributed by atoms with van der Waals surface area (Å²) in [6.07, 6.45) is 6.07. The first-order valence-electron chi connectivity index (χ1n) is 8.81. The van der Waals surface area contributed by atoms with E-state index in [0.717, 1.165) is 43.9 Å². The minimum absolute atomic E-state index is 0.272. The van der Waals surface area contributed by atoms with Crippen LogP contribution in [0.25, 0.3) is 11.4 Å². The van der Waals surface area contributed by atoms with E-state index >= 15 is 0 Å². The summed E-state index contributed by atoms with van der Waals surface area (Å²) in [7, 11) is 0. The van der Waals surface area contributed by atoms with Gasteiger partial charge in [-0.1, -0.05) is 51.1 Å². The van der Waals surface area contributed by atoms with E-state index in [1.165, 1.54) is 0 Å². The van der Waals surface area contributed by atoms with E-state index in [1.807, 2.05) is 50.1 Å². The van der Waals surface area contributed by atoms with Crippen LogP contribution in [0.2, 0.25) is 0 Å². The van der Waals surface area contributed by atoms with Crippen molar-refractivity contribution in [3.05, 3.63) is 42.7 Å². The molecule has 2 heterocycles. The predicted octanol–water partition coefficient (Wildman–Crippen LogP) is 3.83. The Labute approximate surface area is 144 Å². The van der Waals surface area contributed by atoms with Crippen molar-refractivity contribution in [1.82, 2.24) is 14.5 Å². The molecule has 24 heavy (non-hydrogen) atoms. The first-order chi connectivity index (χ1) is 11.4. The molecule has 1 fully saturated rings. The van der Waals surface area contributed by atoms with E-state index in [1.54, 1.807) is 0 Å². The zero-order valence-electron chi connectivity index (χ0n) is 14.9. The number of piperidine rings is 1. The van der Waals surface area contributed by atoms with Gasteiger partial charge in [-0.15, -0.1) is 0 Å². The quantitative estimate of drug-likeness (QED) is 0.860. The van der Waals surface area contributed by atoms with Crippen LogP contribution in [0.1, 0.15) is 33.6 Å². The Balaban J connectivity index is 1.62. The molecule has 1 aromatic carbocycles. The molecule has 0 saturated carbocycles. The fourth-order valence-electron chi connectivity index (χ4n) is 3.38. The van der Waals surface area contributed by atoms with E-state index < -0.39 is 0 Å². The molecule has 0 unspecified atom stereocenters. The lowest BCUT2D eigenvalue weighted by atomic mass is 9.91. The van der Waals surface area contributed by atoms with Crippen LogP contribution in [0, 0.1) is 11.3 Å². The van der Waals surface area contributed by atoms with Crippen molar-refractivity contribution in [2.24, 2.45) is 11.3 Å². The highest BCUT2D eigenvalue weighted by atomic mass is 16.2. The van der Waals surface area contributed by atoms with Gasteiger partial charge in [0.05, 0.1) is 0 Å².